The molecule has 0 unspecified atom stereocenters. The number of hydrogen-bond acceptors (Lipinski definition) is 3. The summed E-state index contributed by atoms with van der Waals surface area (Å²) in [6.07, 6.45) is 2.30. The van der Waals surface area contributed by atoms with Crippen molar-refractivity contribution in [3.63, 3.8) is 0 Å². The quantitative estimate of drug-likeness (QED) is 0.898. The van der Waals surface area contributed by atoms with Crippen molar-refractivity contribution in [1.29, 1.82) is 0 Å². The molecule has 2 rings (SSSR count). The van der Waals surface area contributed by atoms with Crippen LogP contribution < -0.4 is 15.2 Å². The van der Waals surface area contributed by atoms with Crippen molar-refractivity contribution in [3.8, 4) is 11.5 Å². The van der Waals surface area contributed by atoms with Gasteiger partial charge < -0.3 is 15.2 Å². The third-order valence-electron chi connectivity index (χ3n) is 4.01. The molecule has 3 nitrogen and oxygen atoms in total. The Bertz CT molecular complexity index is 482. The molecule has 0 spiro atoms. The number of benzene rings is 1. The van der Waals surface area contributed by atoms with E-state index in [9.17, 15) is 0 Å². The summed E-state index contributed by atoms with van der Waals surface area (Å²) < 4.78 is 12.1. The third kappa shape index (κ3) is 2.36. The highest BCUT2D eigenvalue weighted by Crippen LogP contribution is 2.55. The van der Waals surface area contributed by atoms with Gasteiger partial charge in [-0.25, -0.2) is 0 Å². The van der Waals surface area contributed by atoms with Crippen molar-refractivity contribution < 1.29 is 9.47 Å². The van der Waals surface area contributed by atoms with Crippen LogP contribution in [0.1, 0.15) is 43.7 Å². The van der Waals surface area contributed by atoms with Crippen LogP contribution in [0.15, 0.2) is 10.5 Å². The van der Waals surface area contributed by atoms with Crippen LogP contribution in [0.25, 0.3) is 0 Å². The lowest BCUT2D eigenvalue weighted by Gasteiger charge is -2.25. The van der Waals surface area contributed by atoms with E-state index in [2.05, 4.69) is 29.8 Å². The second-order valence-electron chi connectivity index (χ2n) is 5.52. The number of halogens is 1. The number of rotatable bonds is 5. The summed E-state index contributed by atoms with van der Waals surface area (Å²) in [5, 5.41) is 0. The van der Waals surface area contributed by atoms with Crippen LogP contribution in [0.5, 0.6) is 11.5 Å². The molecule has 1 aromatic rings. The average molecular weight is 328 g/mol. The van der Waals surface area contributed by atoms with Gasteiger partial charge in [0.15, 0.2) is 11.5 Å². The lowest BCUT2D eigenvalue weighted by atomic mass is 9.85. The van der Waals surface area contributed by atoms with Crippen LogP contribution >= 0.6 is 15.9 Å². The molecule has 0 bridgehead atoms. The molecule has 1 aliphatic carbocycles. The van der Waals surface area contributed by atoms with Gasteiger partial charge >= 0.3 is 0 Å². The molecule has 0 atom stereocenters. The molecule has 0 radical (unpaired) electrons. The molecule has 0 heterocycles. The SMILES string of the molecule is COc1cc(Br)c(C2(CN)CC2)c(C(C)C)c1OC. The Morgan fingerprint density at radius 2 is 1.95 bits per heavy atom. The Balaban J connectivity index is 2.72. The van der Waals surface area contributed by atoms with Gasteiger partial charge in [-0.2, -0.15) is 0 Å². The smallest absolute Gasteiger partial charge is 0.164 e. The number of hydrogen-bond donors (Lipinski definition) is 1. The predicted molar refractivity (Wildman–Crippen MR) is 81.3 cm³/mol. The van der Waals surface area contributed by atoms with Crippen molar-refractivity contribution in [2.24, 2.45) is 5.73 Å². The molecule has 19 heavy (non-hydrogen) atoms. The summed E-state index contributed by atoms with van der Waals surface area (Å²) >= 11 is 3.70. The lowest BCUT2D eigenvalue weighted by molar-refractivity contribution is 0.348. The summed E-state index contributed by atoms with van der Waals surface area (Å²) in [6, 6.07) is 2.00. The van der Waals surface area contributed by atoms with Crippen molar-refractivity contribution in [2.75, 3.05) is 20.8 Å². The van der Waals surface area contributed by atoms with Gasteiger partial charge in [0.25, 0.3) is 0 Å². The average Bonchev–Trinajstić information content (AvgIpc) is 3.17. The molecule has 0 aromatic heterocycles. The molecule has 1 aliphatic rings. The Labute approximate surface area is 123 Å². The zero-order valence-electron chi connectivity index (χ0n) is 12.0. The van der Waals surface area contributed by atoms with Gasteiger partial charge in [0.05, 0.1) is 14.2 Å². The summed E-state index contributed by atoms with van der Waals surface area (Å²) in [4.78, 5) is 0. The molecular weight excluding hydrogens is 306 g/mol. The monoisotopic (exact) mass is 327 g/mol. The normalized spacial score (nSPS) is 16.6. The fourth-order valence-corrected chi connectivity index (χ4v) is 3.63. The number of nitrogens with two attached hydrogens (primary N) is 1. The standard InChI is InChI=1S/C15H22BrNO2/c1-9(2)12-13(15(8-17)5-6-15)10(16)7-11(18-3)14(12)19-4/h7,9H,5-6,8,17H2,1-4H3. The van der Waals surface area contributed by atoms with E-state index in [1.54, 1.807) is 14.2 Å². The Morgan fingerprint density at radius 3 is 2.32 bits per heavy atom. The van der Waals surface area contributed by atoms with Gasteiger partial charge in [-0.05, 0) is 30.4 Å². The predicted octanol–water partition coefficient (Wildman–Crippen LogP) is 3.58. The third-order valence-corrected chi connectivity index (χ3v) is 4.64. The minimum absolute atomic E-state index is 0.123. The Hall–Kier alpha value is -0.740. The summed E-state index contributed by atoms with van der Waals surface area (Å²) in [5.41, 5.74) is 8.66. The van der Waals surface area contributed by atoms with E-state index in [-0.39, 0.29) is 5.41 Å². The minimum Gasteiger partial charge on any atom is -0.493 e. The van der Waals surface area contributed by atoms with E-state index in [0.29, 0.717) is 12.5 Å². The summed E-state index contributed by atoms with van der Waals surface area (Å²) in [7, 11) is 3.37. The van der Waals surface area contributed by atoms with Gasteiger partial charge in [-0.3, -0.25) is 0 Å². The molecule has 0 aliphatic heterocycles. The van der Waals surface area contributed by atoms with Gasteiger partial charge in [-0.1, -0.05) is 29.8 Å². The second-order valence-corrected chi connectivity index (χ2v) is 6.38. The first-order chi connectivity index (χ1) is 9.00. The van der Waals surface area contributed by atoms with Crippen molar-refractivity contribution >= 4 is 15.9 Å². The Kier molecular flexibility index (Phi) is 4.11. The molecule has 0 amide bonds. The molecule has 2 N–H and O–H groups in total. The first-order valence-corrected chi connectivity index (χ1v) is 7.45. The molecule has 1 aromatic carbocycles. The van der Waals surface area contributed by atoms with Crippen LogP contribution in [0.3, 0.4) is 0 Å². The minimum atomic E-state index is 0.123. The zero-order valence-corrected chi connectivity index (χ0v) is 13.6. The van der Waals surface area contributed by atoms with E-state index in [1.165, 1.54) is 11.1 Å². The first kappa shape index (κ1) is 14.7. The van der Waals surface area contributed by atoms with Gasteiger partial charge in [-0.15, -0.1) is 0 Å². The van der Waals surface area contributed by atoms with Crippen molar-refractivity contribution in [3.05, 3.63) is 21.7 Å². The molecule has 0 saturated heterocycles. The largest absolute Gasteiger partial charge is 0.493 e. The topological polar surface area (TPSA) is 44.5 Å². The molecule has 1 saturated carbocycles. The maximum absolute atomic E-state index is 6.01. The molecule has 4 heteroatoms. The highest BCUT2D eigenvalue weighted by Gasteiger charge is 2.46. The fourth-order valence-electron chi connectivity index (χ4n) is 2.79. The van der Waals surface area contributed by atoms with E-state index < -0.39 is 0 Å². The Morgan fingerprint density at radius 1 is 1.32 bits per heavy atom. The van der Waals surface area contributed by atoms with Crippen molar-refractivity contribution in [2.45, 2.75) is 38.0 Å². The second kappa shape index (κ2) is 5.33. The van der Waals surface area contributed by atoms with Crippen LogP contribution in [0, 0.1) is 0 Å². The van der Waals surface area contributed by atoms with E-state index in [1.807, 2.05) is 6.07 Å². The van der Waals surface area contributed by atoms with E-state index in [0.717, 1.165) is 28.8 Å². The zero-order chi connectivity index (χ0) is 14.2. The van der Waals surface area contributed by atoms with Gasteiger partial charge in [0.1, 0.15) is 0 Å². The fraction of sp³-hybridized carbons (Fsp3) is 0.600. The van der Waals surface area contributed by atoms with Gasteiger partial charge in [0.2, 0.25) is 0 Å². The molecule has 1 fully saturated rings. The summed E-state index contributed by atoms with van der Waals surface area (Å²) in [6.45, 7) is 5.04. The highest BCUT2D eigenvalue weighted by molar-refractivity contribution is 9.10. The van der Waals surface area contributed by atoms with Crippen LogP contribution in [-0.4, -0.2) is 20.8 Å². The van der Waals surface area contributed by atoms with Crippen LogP contribution in [-0.2, 0) is 5.41 Å². The summed E-state index contributed by atoms with van der Waals surface area (Å²) in [5.74, 6) is 1.98. The number of ether oxygens (including phenoxy) is 2. The number of methoxy groups -OCH3 is 2. The maximum Gasteiger partial charge on any atom is 0.164 e. The maximum atomic E-state index is 6.01. The van der Waals surface area contributed by atoms with Crippen molar-refractivity contribution in [1.82, 2.24) is 0 Å². The van der Waals surface area contributed by atoms with Gasteiger partial charge in [0, 0.05) is 22.0 Å². The van der Waals surface area contributed by atoms with E-state index in [4.69, 9.17) is 15.2 Å². The van der Waals surface area contributed by atoms with Crippen LogP contribution in [0.4, 0.5) is 0 Å². The highest BCUT2D eigenvalue weighted by atomic mass is 79.9. The molecular formula is C15H22BrNO2. The first-order valence-electron chi connectivity index (χ1n) is 6.65. The van der Waals surface area contributed by atoms with Crippen LogP contribution in [0.2, 0.25) is 0 Å². The lowest BCUT2D eigenvalue weighted by Crippen LogP contribution is -2.23. The molecule has 106 valence electrons. The van der Waals surface area contributed by atoms with E-state index >= 15 is 0 Å².